The van der Waals surface area contributed by atoms with Crippen LogP contribution >= 0.6 is 0 Å². The lowest BCUT2D eigenvalue weighted by molar-refractivity contribution is -0.125. The van der Waals surface area contributed by atoms with E-state index in [2.05, 4.69) is 10.3 Å². The summed E-state index contributed by atoms with van der Waals surface area (Å²) in [6.07, 6.45) is 1.54. The number of carbonyl (C=O) groups excluding carboxylic acids is 2. The molecule has 1 N–H and O–H groups in total. The largest absolute Gasteiger partial charge is 0.463 e. The van der Waals surface area contributed by atoms with E-state index in [-0.39, 0.29) is 12.6 Å². The molecule has 0 aliphatic heterocycles. The molecule has 0 aliphatic carbocycles. The molecule has 0 saturated carbocycles. The van der Waals surface area contributed by atoms with Crippen LogP contribution in [-0.2, 0) is 14.3 Å². The molecule has 140 valence electrons. The average Bonchev–Trinajstić information content (AvgIpc) is 3.20. The molecule has 0 spiro atoms. The first-order valence-electron chi connectivity index (χ1n) is 8.47. The van der Waals surface area contributed by atoms with E-state index in [9.17, 15) is 9.59 Å². The first-order valence-corrected chi connectivity index (χ1v) is 8.47. The second kappa shape index (κ2) is 8.46. The highest BCUT2D eigenvalue weighted by Crippen LogP contribution is 2.25. The van der Waals surface area contributed by atoms with Crippen LogP contribution < -0.4 is 5.32 Å². The van der Waals surface area contributed by atoms with Crippen LogP contribution in [0.4, 0.5) is 0 Å². The summed E-state index contributed by atoms with van der Waals surface area (Å²) in [7, 11) is 1.55. The fraction of sp³-hybridized carbons (Fsp3) is 0.250. The van der Waals surface area contributed by atoms with Gasteiger partial charge in [0.1, 0.15) is 5.69 Å². The lowest BCUT2D eigenvalue weighted by Gasteiger charge is -2.13. The zero-order valence-electron chi connectivity index (χ0n) is 15.1. The normalized spacial score (nSPS) is 11.9. The maximum Gasteiger partial charge on any atom is 0.339 e. The number of rotatable bonds is 7. The van der Waals surface area contributed by atoms with Gasteiger partial charge in [-0.15, -0.1) is 0 Å². The maximum atomic E-state index is 12.6. The van der Waals surface area contributed by atoms with Gasteiger partial charge in [-0.2, -0.15) is 0 Å². The van der Waals surface area contributed by atoms with Crippen molar-refractivity contribution in [3.8, 4) is 11.5 Å². The molecule has 0 bridgehead atoms. The Balaban J connectivity index is 1.80. The first kappa shape index (κ1) is 18.6. The third-order valence-electron chi connectivity index (χ3n) is 3.87. The van der Waals surface area contributed by atoms with Gasteiger partial charge in [0.2, 0.25) is 0 Å². The molecule has 3 rings (SSSR count). The molecule has 1 aromatic carbocycles. The molecule has 0 unspecified atom stereocenters. The minimum atomic E-state index is -0.601. The zero-order valence-corrected chi connectivity index (χ0v) is 15.1. The number of esters is 1. The number of nitrogens with one attached hydrogen (secondary N) is 1. The van der Waals surface area contributed by atoms with Crippen molar-refractivity contribution in [3.05, 3.63) is 54.3 Å². The Hall–Kier alpha value is -3.19. The van der Waals surface area contributed by atoms with Crippen LogP contribution in [0.5, 0.6) is 0 Å². The smallest absolute Gasteiger partial charge is 0.339 e. The molecule has 1 atom stereocenters. The summed E-state index contributed by atoms with van der Waals surface area (Å²) in [5, 5.41) is 3.33. The van der Waals surface area contributed by atoms with E-state index in [4.69, 9.17) is 13.9 Å². The summed E-state index contributed by atoms with van der Waals surface area (Å²) in [4.78, 5) is 29.0. The third kappa shape index (κ3) is 4.51. The number of hydrogen-bond acceptors (Lipinski definition) is 6. The molecule has 27 heavy (non-hydrogen) atoms. The number of nitrogens with zero attached hydrogens (tertiary/aromatic N) is 1. The summed E-state index contributed by atoms with van der Waals surface area (Å²) in [6.45, 7) is 1.80. The SMILES string of the molecule is COC[C@H](C)NC(=O)COC(=O)c1cc(-c2ccco2)nc2ccccc12. The number of hydrogen-bond donors (Lipinski definition) is 1. The Bertz CT molecular complexity index is 937. The minimum absolute atomic E-state index is 0.173. The topological polar surface area (TPSA) is 90.7 Å². The summed E-state index contributed by atoms with van der Waals surface area (Å²) in [6, 6.07) is 12.2. The van der Waals surface area contributed by atoms with Crippen LogP contribution in [0.3, 0.4) is 0 Å². The van der Waals surface area contributed by atoms with Gasteiger partial charge in [-0.05, 0) is 31.2 Å². The quantitative estimate of drug-likeness (QED) is 0.645. The van der Waals surface area contributed by atoms with Gasteiger partial charge in [-0.25, -0.2) is 9.78 Å². The van der Waals surface area contributed by atoms with E-state index in [1.807, 2.05) is 12.1 Å². The van der Waals surface area contributed by atoms with Gasteiger partial charge in [0.15, 0.2) is 12.4 Å². The van der Waals surface area contributed by atoms with Gasteiger partial charge >= 0.3 is 5.97 Å². The number of ether oxygens (including phenoxy) is 2. The summed E-state index contributed by atoms with van der Waals surface area (Å²) in [5.74, 6) is -0.450. The van der Waals surface area contributed by atoms with E-state index < -0.39 is 11.9 Å². The third-order valence-corrected chi connectivity index (χ3v) is 3.87. The first-order chi connectivity index (χ1) is 13.1. The fourth-order valence-electron chi connectivity index (χ4n) is 2.71. The molecule has 3 aromatic rings. The number of benzene rings is 1. The molecular weight excluding hydrogens is 348 g/mol. The number of amides is 1. The van der Waals surface area contributed by atoms with E-state index in [1.54, 1.807) is 44.4 Å². The molecule has 1 amide bonds. The number of methoxy groups -OCH3 is 1. The van der Waals surface area contributed by atoms with Crippen molar-refractivity contribution in [3.63, 3.8) is 0 Å². The number of aromatic nitrogens is 1. The number of carbonyl (C=O) groups is 2. The summed E-state index contributed by atoms with van der Waals surface area (Å²) >= 11 is 0. The molecule has 0 saturated heterocycles. The Morgan fingerprint density at radius 1 is 1.22 bits per heavy atom. The Labute approximate surface area is 156 Å². The fourth-order valence-corrected chi connectivity index (χ4v) is 2.71. The Morgan fingerprint density at radius 2 is 2.04 bits per heavy atom. The van der Waals surface area contributed by atoms with Crippen LogP contribution in [0.15, 0.2) is 53.1 Å². The van der Waals surface area contributed by atoms with Crippen LogP contribution in [0.25, 0.3) is 22.4 Å². The molecule has 0 radical (unpaired) electrons. The number of furan rings is 1. The van der Waals surface area contributed by atoms with Crippen LogP contribution in [-0.4, -0.2) is 43.2 Å². The van der Waals surface area contributed by atoms with E-state index in [1.165, 1.54) is 6.26 Å². The predicted molar refractivity (Wildman–Crippen MR) is 99.2 cm³/mol. The van der Waals surface area contributed by atoms with Gasteiger partial charge in [-0.1, -0.05) is 18.2 Å². The monoisotopic (exact) mass is 368 g/mol. The number of pyridine rings is 1. The van der Waals surface area contributed by atoms with E-state index in [0.717, 1.165) is 0 Å². The van der Waals surface area contributed by atoms with Crippen molar-refractivity contribution in [2.24, 2.45) is 0 Å². The summed E-state index contributed by atoms with van der Waals surface area (Å²) in [5.41, 5.74) is 1.48. The van der Waals surface area contributed by atoms with Crippen LogP contribution in [0.1, 0.15) is 17.3 Å². The standard InChI is InChI=1S/C20H20N2O5/c1-13(11-25-2)21-19(23)12-27-20(24)15-10-17(18-8-5-9-26-18)22-16-7-4-3-6-14(15)16/h3-10,13H,11-12H2,1-2H3,(H,21,23)/t13-/m0/s1. The Morgan fingerprint density at radius 3 is 2.78 bits per heavy atom. The summed E-state index contributed by atoms with van der Waals surface area (Å²) < 4.78 is 15.5. The second-order valence-corrected chi connectivity index (χ2v) is 6.05. The average molecular weight is 368 g/mol. The molecule has 0 aliphatic rings. The van der Waals surface area contributed by atoms with Crippen molar-refractivity contribution in [1.29, 1.82) is 0 Å². The van der Waals surface area contributed by atoms with Gasteiger partial charge < -0.3 is 19.2 Å². The van der Waals surface area contributed by atoms with Crippen molar-refractivity contribution < 1.29 is 23.5 Å². The highest BCUT2D eigenvalue weighted by Gasteiger charge is 2.17. The maximum absolute atomic E-state index is 12.6. The van der Waals surface area contributed by atoms with Crippen molar-refractivity contribution in [1.82, 2.24) is 10.3 Å². The molecule has 2 aromatic heterocycles. The van der Waals surface area contributed by atoms with E-state index in [0.29, 0.717) is 34.5 Å². The highest BCUT2D eigenvalue weighted by molar-refractivity contribution is 6.05. The molecule has 2 heterocycles. The number of para-hydroxylation sites is 1. The van der Waals surface area contributed by atoms with Gasteiger partial charge in [0, 0.05) is 18.5 Å². The van der Waals surface area contributed by atoms with E-state index >= 15 is 0 Å². The van der Waals surface area contributed by atoms with Crippen LogP contribution in [0, 0.1) is 0 Å². The Kier molecular flexibility index (Phi) is 5.83. The van der Waals surface area contributed by atoms with Crippen molar-refractivity contribution >= 4 is 22.8 Å². The zero-order chi connectivity index (χ0) is 19.2. The van der Waals surface area contributed by atoms with Crippen molar-refractivity contribution in [2.75, 3.05) is 20.3 Å². The molecule has 0 fully saturated rings. The lowest BCUT2D eigenvalue weighted by Crippen LogP contribution is -2.38. The van der Waals surface area contributed by atoms with Gasteiger partial charge in [0.25, 0.3) is 5.91 Å². The molecular formula is C20H20N2O5. The number of fused-ring (bicyclic) bond motifs is 1. The lowest BCUT2D eigenvalue weighted by atomic mass is 10.1. The van der Waals surface area contributed by atoms with Gasteiger partial charge in [-0.3, -0.25) is 4.79 Å². The van der Waals surface area contributed by atoms with Gasteiger partial charge in [0.05, 0.1) is 24.0 Å². The minimum Gasteiger partial charge on any atom is -0.463 e. The predicted octanol–water partition coefficient (Wildman–Crippen LogP) is 2.80. The van der Waals surface area contributed by atoms with Crippen LogP contribution in [0.2, 0.25) is 0 Å². The molecule has 7 nitrogen and oxygen atoms in total. The highest BCUT2D eigenvalue weighted by atomic mass is 16.5. The molecule has 7 heteroatoms. The second-order valence-electron chi connectivity index (χ2n) is 6.05. The van der Waals surface area contributed by atoms with Crippen molar-refractivity contribution in [2.45, 2.75) is 13.0 Å².